The molecule has 0 aliphatic heterocycles. The number of thioether (sulfide) groups is 2. The Balaban J connectivity index is 1.83. The SMILES string of the molecule is CCSCCOC(=O)CCN(CCC(=O)OCCSCC)CCc1c[nH]c2ccccc12. The van der Waals surface area contributed by atoms with Crippen LogP contribution < -0.4 is 0 Å². The lowest BCUT2D eigenvalue weighted by molar-refractivity contribution is -0.143. The van der Waals surface area contributed by atoms with Gasteiger partial charge in [0.1, 0.15) is 13.2 Å². The molecule has 0 radical (unpaired) electrons. The van der Waals surface area contributed by atoms with Crippen molar-refractivity contribution in [2.24, 2.45) is 0 Å². The van der Waals surface area contributed by atoms with Crippen LogP contribution in [-0.4, -0.2) is 77.7 Å². The highest BCUT2D eigenvalue weighted by Crippen LogP contribution is 2.18. The number of carbonyl (C=O) groups excluding carboxylic acids is 2. The number of rotatable bonds is 17. The number of para-hydroxylation sites is 1. The molecule has 0 atom stereocenters. The fourth-order valence-electron chi connectivity index (χ4n) is 3.31. The Bertz CT molecular complexity index is 784. The number of benzene rings is 1. The first-order chi connectivity index (χ1) is 15.6. The Kier molecular flexibility index (Phi) is 13.3. The Labute approximate surface area is 200 Å². The van der Waals surface area contributed by atoms with Crippen LogP contribution in [0.15, 0.2) is 30.5 Å². The lowest BCUT2D eigenvalue weighted by Gasteiger charge is -2.21. The van der Waals surface area contributed by atoms with Gasteiger partial charge in [-0.3, -0.25) is 9.59 Å². The van der Waals surface area contributed by atoms with E-state index in [0.717, 1.165) is 41.5 Å². The first-order valence-corrected chi connectivity index (χ1v) is 13.7. The quantitative estimate of drug-likeness (QED) is 0.266. The van der Waals surface area contributed by atoms with Gasteiger partial charge in [0.05, 0.1) is 12.8 Å². The smallest absolute Gasteiger partial charge is 0.307 e. The van der Waals surface area contributed by atoms with Gasteiger partial charge in [-0.1, -0.05) is 32.0 Å². The topological polar surface area (TPSA) is 71.6 Å². The standard InChI is InChI=1S/C24H36N2O4S2/c1-3-31-17-15-29-23(27)10-13-26(14-11-24(28)30-16-18-32-4-2)12-9-20-19-25-22-8-6-5-7-21(20)22/h5-8,19,25H,3-4,9-18H2,1-2H3. The molecule has 178 valence electrons. The molecule has 32 heavy (non-hydrogen) atoms. The van der Waals surface area contributed by atoms with Gasteiger partial charge in [-0.05, 0) is 29.6 Å². The molecule has 0 spiro atoms. The Hall–Kier alpha value is -1.64. The van der Waals surface area contributed by atoms with E-state index in [-0.39, 0.29) is 11.9 Å². The summed E-state index contributed by atoms with van der Waals surface area (Å²) >= 11 is 3.52. The normalized spacial score (nSPS) is 11.2. The maximum atomic E-state index is 12.1. The Morgan fingerprint density at radius 2 is 1.50 bits per heavy atom. The largest absolute Gasteiger partial charge is 0.465 e. The van der Waals surface area contributed by atoms with Crippen LogP contribution in [0.3, 0.4) is 0 Å². The molecule has 2 aromatic rings. The Morgan fingerprint density at radius 1 is 0.906 bits per heavy atom. The number of aromatic nitrogens is 1. The second-order valence-electron chi connectivity index (χ2n) is 7.29. The van der Waals surface area contributed by atoms with Crippen molar-refractivity contribution in [3.8, 4) is 0 Å². The van der Waals surface area contributed by atoms with Crippen LogP contribution in [0.25, 0.3) is 10.9 Å². The number of nitrogens with zero attached hydrogens (tertiary/aromatic N) is 1. The number of hydrogen-bond acceptors (Lipinski definition) is 7. The minimum absolute atomic E-state index is 0.182. The third kappa shape index (κ3) is 10.3. The zero-order valence-electron chi connectivity index (χ0n) is 19.3. The number of aromatic amines is 1. The van der Waals surface area contributed by atoms with Crippen molar-refractivity contribution in [3.05, 3.63) is 36.0 Å². The second kappa shape index (κ2) is 16.0. The Morgan fingerprint density at radius 3 is 2.09 bits per heavy atom. The predicted molar refractivity (Wildman–Crippen MR) is 136 cm³/mol. The average molecular weight is 481 g/mol. The van der Waals surface area contributed by atoms with E-state index >= 15 is 0 Å². The van der Waals surface area contributed by atoms with Crippen LogP contribution in [0.1, 0.15) is 32.3 Å². The zero-order chi connectivity index (χ0) is 23.0. The van der Waals surface area contributed by atoms with Crippen molar-refractivity contribution in [1.82, 2.24) is 9.88 Å². The third-order valence-electron chi connectivity index (χ3n) is 5.03. The lowest BCUT2D eigenvalue weighted by atomic mass is 10.1. The van der Waals surface area contributed by atoms with Gasteiger partial charge in [-0.15, -0.1) is 0 Å². The lowest BCUT2D eigenvalue weighted by Crippen LogP contribution is -2.31. The molecule has 0 bridgehead atoms. The van der Waals surface area contributed by atoms with Gasteiger partial charge in [-0.25, -0.2) is 0 Å². The van der Waals surface area contributed by atoms with Crippen LogP contribution in [-0.2, 0) is 25.5 Å². The summed E-state index contributed by atoms with van der Waals surface area (Å²) in [5.74, 6) is 3.33. The van der Waals surface area contributed by atoms with E-state index in [1.165, 1.54) is 10.9 Å². The highest BCUT2D eigenvalue weighted by atomic mass is 32.2. The summed E-state index contributed by atoms with van der Waals surface area (Å²) < 4.78 is 10.6. The summed E-state index contributed by atoms with van der Waals surface area (Å²) in [4.78, 5) is 29.7. The molecule has 6 nitrogen and oxygen atoms in total. The van der Waals surface area contributed by atoms with E-state index < -0.39 is 0 Å². The van der Waals surface area contributed by atoms with Gasteiger partial charge < -0.3 is 19.4 Å². The third-order valence-corrected chi connectivity index (χ3v) is 6.75. The number of esters is 2. The summed E-state index contributed by atoms with van der Waals surface area (Å²) in [7, 11) is 0. The number of H-pyrrole nitrogens is 1. The van der Waals surface area contributed by atoms with E-state index in [2.05, 4.69) is 35.9 Å². The molecule has 0 saturated heterocycles. The highest BCUT2D eigenvalue weighted by molar-refractivity contribution is 7.99. The summed E-state index contributed by atoms with van der Waals surface area (Å²) in [5, 5.41) is 1.22. The van der Waals surface area contributed by atoms with Gasteiger partial charge in [0.15, 0.2) is 0 Å². The summed E-state index contributed by atoms with van der Waals surface area (Å²) in [6.45, 7) is 6.99. The molecule has 0 unspecified atom stereocenters. The number of fused-ring (bicyclic) bond motifs is 1. The number of hydrogen-bond donors (Lipinski definition) is 1. The molecule has 0 saturated carbocycles. The minimum Gasteiger partial charge on any atom is -0.465 e. The van der Waals surface area contributed by atoms with Crippen LogP contribution in [0, 0.1) is 0 Å². The fourth-order valence-corrected chi connectivity index (χ4v) is 4.29. The first kappa shape index (κ1) is 26.6. The van der Waals surface area contributed by atoms with Gasteiger partial charge in [0, 0.05) is 48.2 Å². The molecule has 8 heteroatoms. The van der Waals surface area contributed by atoms with Crippen LogP contribution in [0.5, 0.6) is 0 Å². The molecule has 0 aliphatic rings. The highest BCUT2D eigenvalue weighted by Gasteiger charge is 2.13. The van der Waals surface area contributed by atoms with E-state index in [4.69, 9.17) is 9.47 Å². The average Bonchev–Trinajstić information content (AvgIpc) is 3.22. The van der Waals surface area contributed by atoms with Gasteiger partial charge in [0.2, 0.25) is 0 Å². The van der Waals surface area contributed by atoms with Crippen molar-refractivity contribution in [3.63, 3.8) is 0 Å². The van der Waals surface area contributed by atoms with E-state index in [1.54, 1.807) is 23.5 Å². The van der Waals surface area contributed by atoms with Crippen LogP contribution in [0.4, 0.5) is 0 Å². The van der Waals surface area contributed by atoms with Crippen LogP contribution >= 0.6 is 23.5 Å². The molecule has 0 amide bonds. The van der Waals surface area contributed by atoms with Gasteiger partial charge >= 0.3 is 11.9 Å². The van der Waals surface area contributed by atoms with Gasteiger partial charge in [-0.2, -0.15) is 23.5 Å². The summed E-state index contributed by atoms with van der Waals surface area (Å²) in [5.41, 5.74) is 2.36. The number of nitrogens with one attached hydrogen (secondary N) is 1. The first-order valence-electron chi connectivity index (χ1n) is 11.4. The maximum Gasteiger partial charge on any atom is 0.307 e. The van der Waals surface area contributed by atoms with Crippen molar-refractivity contribution in [2.75, 3.05) is 55.9 Å². The monoisotopic (exact) mass is 480 g/mol. The summed E-state index contributed by atoms with van der Waals surface area (Å²) in [6.07, 6.45) is 3.54. The van der Waals surface area contributed by atoms with E-state index in [1.807, 2.05) is 18.3 Å². The number of ether oxygens (including phenoxy) is 2. The summed E-state index contributed by atoms with van der Waals surface area (Å²) in [6, 6.07) is 8.24. The maximum absolute atomic E-state index is 12.1. The van der Waals surface area contributed by atoms with Crippen LogP contribution in [0.2, 0.25) is 0 Å². The van der Waals surface area contributed by atoms with Crippen molar-refractivity contribution in [1.29, 1.82) is 0 Å². The molecular formula is C24H36N2O4S2. The zero-order valence-corrected chi connectivity index (χ0v) is 20.9. The van der Waals surface area contributed by atoms with Crippen molar-refractivity contribution in [2.45, 2.75) is 33.1 Å². The van der Waals surface area contributed by atoms with E-state index in [9.17, 15) is 9.59 Å². The molecular weight excluding hydrogens is 444 g/mol. The molecule has 0 aliphatic carbocycles. The molecule has 1 aromatic carbocycles. The fraction of sp³-hybridized carbons (Fsp3) is 0.583. The van der Waals surface area contributed by atoms with E-state index in [0.29, 0.717) is 39.1 Å². The van der Waals surface area contributed by atoms with Crippen molar-refractivity contribution >= 4 is 46.4 Å². The molecule has 1 heterocycles. The predicted octanol–water partition coefficient (Wildman–Crippen LogP) is 4.39. The number of carbonyl (C=O) groups is 2. The molecule has 0 fully saturated rings. The molecule has 2 rings (SSSR count). The second-order valence-corrected chi connectivity index (χ2v) is 10.1. The van der Waals surface area contributed by atoms with Crippen molar-refractivity contribution < 1.29 is 19.1 Å². The molecule has 1 aromatic heterocycles. The molecule has 1 N–H and O–H groups in total. The van der Waals surface area contributed by atoms with Gasteiger partial charge in [0.25, 0.3) is 0 Å². The minimum atomic E-state index is -0.182.